The molecule has 7 heteroatoms. The molecule has 158 valence electrons. The van der Waals surface area contributed by atoms with Gasteiger partial charge in [0.2, 0.25) is 0 Å². The predicted octanol–water partition coefficient (Wildman–Crippen LogP) is 2.61. The summed E-state index contributed by atoms with van der Waals surface area (Å²) in [5, 5.41) is 0.503. The quantitative estimate of drug-likeness (QED) is 0.676. The summed E-state index contributed by atoms with van der Waals surface area (Å²) in [6.45, 7) is 6.99. The number of piperazine rings is 1. The molecule has 30 heavy (non-hydrogen) atoms. The van der Waals surface area contributed by atoms with Crippen molar-refractivity contribution >= 4 is 16.6 Å². The molecule has 2 heterocycles. The number of nitrogens with zero attached hydrogens (tertiary/aromatic N) is 3. The molecular formula is C23H28N4O3. The van der Waals surface area contributed by atoms with Crippen molar-refractivity contribution in [3.8, 4) is 11.5 Å². The van der Waals surface area contributed by atoms with Crippen LogP contribution in [0.2, 0.25) is 0 Å². The molecule has 4 rings (SSSR count). The van der Waals surface area contributed by atoms with Crippen LogP contribution in [0.3, 0.4) is 0 Å². The standard InChI is InChI=1S/C23H28N4O3/c1-16-5-4-6-17(13-16)27-11-9-26(10-12-27)8-7-22-24-19-15-21(30-3)20(29-2)14-18(19)23(28)25-22/h4-6,13-15H,7-12H2,1-3H3,(H,24,25,28). The fraction of sp³-hybridized carbons (Fsp3) is 0.391. The average molecular weight is 409 g/mol. The van der Waals surface area contributed by atoms with Gasteiger partial charge in [-0.05, 0) is 30.7 Å². The molecule has 0 saturated carbocycles. The molecule has 1 aliphatic heterocycles. The van der Waals surface area contributed by atoms with Crippen molar-refractivity contribution in [3.63, 3.8) is 0 Å². The van der Waals surface area contributed by atoms with Gasteiger partial charge >= 0.3 is 0 Å². The maximum atomic E-state index is 12.5. The molecule has 3 aromatic rings. The second-order valence-electron chi connectivity index (χ2n) is 7.65. The topological polar surface area (TPSA) is 70.7 Å². The van der Waals surface area contributed by atoms with Gasteiger partial charge in [0.25, 0.3) is 5.56 Å². The fourth-order valence-electron chi connectivity index (χ4n) is 3.95. The lowest BCUT2D eigenvalue weighted by Gasteiger charge is -2.36. The van der Waals surface area contributed by atoms with Crippen LogP contribution >= 0.6 is 0 Å². The van der Waals surface area contributed by atoms with Crippen LogP contribution in [0.15, 0.2) is 41.2 Å². The normalized spacial score (nSPS) is 14.8. The first-order valence-corrected chi connectivity index (χ1v) is 10.3. The first kappa shape index (κ1) is 20.2. The van der Waals surface area contributed by atoms with Crippen LogP contribution < -0.4 is 19.9 Å². The van der Waals surface area contributed by atoms with Gasteiger partial charge < -0.3 is 19.4 Å². The van der Waals surface area contributed by atoms with Gasteiger partial charge in [0, 0.05) is 50.9 Å². The molecule has 1 saturated heterocycles. The van der Waals surface area contributed by atoms with Gasteiger partial charge in [-0.25, -0.2) is 4.98 Å². The molecule has 0 spiro atoms. The summed E-state index contributed by atoms with van der Waals surface area (Å²) >= 11 is 0. The molecule has 1 fully saturated rings. The van der Waals surface area contributed by atoms with E-state index in [2.05, 4.69) is 51.0 Å². The molecular weight excluding hydrogens is 380 g/mol. The molecule has 0 unspecified atom stereocenters. The third-order valence-corrected chi connectivity index (χ3v) is 5.66. The number of H-pyrrole nitrogens is 1. The lowest BCUT2D eigenvalue weighted by Crippen LogP contribution is -2.47. The first-order valence-electron chi connectivity index (χ1n) is 10.3. The van der Waals surface area contributed by atoms with Crippen LogP contribution in [-0.2, 0) is 6.42 Å². The largest absolute Gasteiger partial charge is 0.493 e. The van der Waals surface area contributed by atoms with Crippen molar-refractivity contribution in [2.75, 3.05) is 51.8 Å². The van der Waals surface area contributed by atoms with Gasteiger partial charge in [-0.1, -0.05) is 12.1 Å². The fourth-order valence-corrected chi connectivity index (χ4v) is 3.95. The zero-order valence-electron chi connectivity index (χ0n) is 17.8. The molecule has 0 atom stereocenters. The van der Waals surface area contributed by atoms with E-state index in [9.17, 15) is 4.79 Å². The molecule has 2 aromatic carbocycles. The Labute approximate surface area is 176 Å². The number of ether oxygens (including phenoxy) is 2. The number of aromatic nitrogens is 2. The lowest BCUT2D eigenvalue weighted by atomic mass is 10.2. The van der Waals surface area contributed by atoms with Crippen LogP contribution in [0.25, 0.3) is 10.9 Å². The number of fused-ring (bicyclic) bond motifs is 1. The SMILES string of the molecule is COc1cc2nc(CCN3CCN(c4cccc(C)c4)CC3)[nH]c(=O)c2cc1OC. The van der Waals surface area contributed by atoms with E-state index in [1.807, 2.05) is 0 Å². The summed E-state index contributed by atoms with van der Waals surface area (Å²) in [6, 6.07) is 12.1. The summed E-state index contributed by atoms with van der Waals surface area (Å²) in [5.74, 6) is 1.79. The van der Waals surface area contributed by atoms with Crippen molar-refractivity contribution in [1.82, 2.24) is 14.9 Å². The number of benzene rings is 2. The van der Waals surface area contributed by atoms with Crippen LogP contribution in [-0.4, -0.2) is 61.8 Å². The molecule has 1 aromatic heterocycles. The molecule has 1 aliphatic rings. The zero-order chi connectivity index (χ0) is 21.1. The van der Waals surface area contributed by atoms with E-state index in [0.717, 1.165) is 32.7 Å². The first-order chi connectivity index (χ1) is 14.6. The Kier molecular flexibility index (Phi) is 5.90. The lowest BCUT2D eigenvalue weighted by molar-refractivity contribution is 0.259. The highest BCUT2D eigenvalue weighted by atomic mass is 16.5. The third kappa shape index (κ3) is 4.26. The van der Waals surface area contributed by atoms with Gasteiger partial charge in [0.1, 0.15) is 5.82 Å². The van der Waals surface area contributed by atoms with Gasteiger partial charge in [0.15, 0.2) is 11.5 Å². The van der Waals surface area contributed by atoms with E-state index in [0.29, 0.717) is 34.6 Å². The maximum Gasteiger partial charge on any atom is 0.258 e. The average Bonchev–Trinajstić information content (AvgIpc) is 2.77. The van der Waals surface area contributed by atoms with Crippen molar-refractivity contribution < 1.29 is 9.47 Å². The van der Waals surface area contributed by atoms with Gasteiger partial charge in [-0.3, -0.25) is 9.69 Å². The summed E-state index contributed by atoms with van der Waals surface area (Å²) < 4.78 is 10.6. The number of hydrogen-bond donors (Lipinski definition) is 1. The molecule has 0 bridgehead atoms. The monoisotopic (exact) mass is 408 g/mol. The highest BCUT2D eigenvalue weighted by molar-refractivity contribution is 5.81. The van der Waals surface area contributed by atoms with Crippen molar-refractivity contribution in [2.45, 2.75) is 13.3 Å². The minimum atomic E-state index is -0.153. The van der Waals surface area contributed by atoms with Gasteiger partial charge in [-0.2, -0.15) is 0 Å². The summed E-state index contributed by atoms with van der Waals surface area (Å²) in [6.07, 6.45) is 0.698. The summed E-state index contributed by atoms with van der Waals surface area (Å²) in [7, 11) is 3.13. The number of hydrogen-bond acceptors (Lipinski definition) is 6. The van der Waals surface area contributed by atoms with Crippen molar-refractivity contribution in [3.05, 3.63) is 58.1 Å². The Morgan fingerprint density at radius 1 is 1.03 bits per heavy atom. The Morgan fingerprint density at radius 2 is 1.77 bits per heavy atom. The Hall–Kier alpha value is -3.06. The summed E-state index contributed by atoms with van der Waals surface area (Å²) in [4.78, 5) is 25.0. The number of nitrogens with one attached hydrogen (secondary N) is 1. The molecule has 0 aliphatic carbocycles. The number of anilines is 1. The Balaban J connectivity index is 1.41. The smallest absolute Gasteiger partial charge is 0.258 e. The number of aryl methyl sites for hydroxylation is 1. The van der Waals surface area contributed by atoms with Crippen LogP contribution in [0.5, 0.6) is 11.5 Å². The third-order valence-electron chi connectivity index (χ3n) is 5.66. The highest BCUT2D eigenvalue weighted by Gasteiger charge is 2.18. The maximum absolute atomic E-state index is 12.5. The van der Waals surface area contributed by atoms with Gasteiger partial charge in [-0.15, -0.1) is 0 Å². The second-order valence-corrected chi connectivity index (χ2v) is 7.65. The molecule has 7 nitrogen and oxygen atoms in total. The van der Waals surface area contributed by atoms with E-state index in [4.69, 9.17) is 9.47 Å². The van der Waals surface area contributed by atoms with E-state index >= 15 is 0 Å². The van der Waals surface area contributed by atoms with E-state index < -0.39 is 0 Å². The van der Waals surface area contributed by atoms with Crippen molar-refractivity contribution in [2.24, 2.45) is 0 Å². The van der Waals surface area contributed by atoms with Crippen LogP contribution in [0.4, 0.5) is 5.69 Å². The minimum absolute atomic E-state index is 0.153. The number of methoxy groups -OCH3 is 2. The molecule has 1 N–H and O–H groups in total. The van der Waals surface area contributed by atoms with E-state index in [1.165, 1.54) is 11.3 Å². The van der Waals surface area contributed by atoms with Gasteiger partial charge in [0.05, 0.1) is 25.1 Å². The second kappa shape index (κ2) is 8.75. The van der Waals surface area contributed by atoms with E-state index in [1.54, 1.807) is 26.4 Å². The highest BCUT2D eigenvalue weighted by Crippen LogP contribution is 2.29. The molecule has 0 amide bonds. The predicted molar refractivity (Wildman–Crippen MR) is 119 cm³/mol. The van der Waals surface area contributed by atoms with Crippen LogP contribution in [0, 0.1) is 6.92 Å². The van der Waals surface area contributed by atoms with Crippen LogP contribution in [0.1, 0.15) is 11.4 Å². The summed E-state index contributed by atoms with van der Waals surface area (Å²) in [5.41, 5.74) is 3.05. The Bertz CT molecular complexity index is 1090. The molecule has 0 radical (unpaired) electrons. The van der Waals surface area contributed by atoms with Crippen molar-refractivity contribution in [1.29, 1.82) is 0 Å². The van der Waals surface area contributed by atoms with E-state index in [-0.39, 0.29) is 5.56 Å². The minimum Gasteiger partial charge on any atom is -0.493 e. The Morgan fingerprint density at radius 3 is 2.47 bits per heavy atom. The zero-order valence-corrected chi connectivity index (χ0v) is 17.8. The number of rotatable bonds is 6. The number of aromatic amines is 1.